The van der Waals surface area contributed by atoms with Crippen molar-refractivity contribution in [1.82, 2.24) is 4.98 Å². The molecule has 0 aliphatic heterocycles. The molecule has 0 aliphatic rings. The Morgan fingerprint density at radius 2 is 2.00 bits per heavy atom. The lowest BCUT2D eigenvalue weighted by Gasteiger charge is -2.04. The average Bonchev–Trinajstić information content (AvgIpc) is 2.87. The number of benzene rings is 1. The van der Waals surface area contributed by atoms with Crippen molar-refractivity contribution < 1.29 is 22.9 Å². The highest BCUT2D eigenvalue weighted by Gasteiger charge is 2.21. The van der Waals surface area contributed by atoms with Crippen LogP contribution in [-0.2, 0) is 14.8 Å². The Balaban J connectivity index is 2.24. The number of non-ortho nitro benzene ring substituents is 1. The van der Waals surface area contributed by atoms with Crippen molar-refractivity contribution in [2.75, 3.05) is 11.3 Å². The molecule has 128 valence electrons. The summed E-state index contributed by atoms with van der Waals surface area (Å²) in [5.41, 5.74) is 0.128. The third-order valence-electron chi connectivity index (χ3n) is 2.84. The van der Waals surface area contributed by atoms with Gasteiger partial charge in [-0.05, 0) is 26.0 Å². The van der Waals surface area contributed by atoms with Gasteiger partial charge < -0.3 is 4.74 Å². The molecule has 0 bridgehead atoms. The number of carbonyl (C=O) groups is 1. The van der Waals surface area contributed by atoms with Crippen molar-refractivity contribution in [1.29, 1.82) is 0 Å². The van der Waals surface area contributed by atoms with Crippen LogP contribution in [0.3, 0.4) is 0 Å². The van der Waals surface area contributed by atoms with Gasteiger partial charge in [-0.2, -0.15) is 0 Å². The quantitative estimate of drug-likeness (QED) is 0.469. The van der Waals surface area contributed by atoms with Crippen molar-refractivity contribution in [3.8, 4) is 0 Å². The van der Waals surface area contributed by atoms with E-state index in [2.05, 4.69) is 9.71 Å². The van der Waals surface area contributed by atoms with Gasteiger partial charge in [0.2, 0.25) is 0 Å². The standard InChI is InChI=1S/C13H13N3O6S2/c1-3-22-12(17)11-8(2)14-13(23-11)15-24(20,21)10-6-4-9(5-7-10)16(18)19/h4-7H,3H2,1-2H3,(H,14,15). The first-order valence-electron chi connectivity index (χ1n) is 6.66. The predicted octanol–water partition coefficient (Wildman–Crippen LogP) is 2.34. The fourth-order valence-electron chi connectivity index (χ4n) is 1.75. The molecule has 0 amide bonds. The van der Waals surface area contributed by atoms with Gasteiger partial charge in [-0.25, -0.2) is 18.2 Å². The smallest absolute Gasteiger partial charge is 0.350 e. The van der Waals surface area contributed by atoms with Gasteiger partial charge in [0.05, 0.1) is 22.1 Å². The van der Waals surface area contributed by atoms with Crippen molar-refractivity contribution in [3.05, 3.63) is 45.0 Å². The van der Waals surface area contributed by atoms with E-state index in [0.29, 0.717) is 5.69 Å². The third-order valence-corrected chi connectivity index (χ3v) is 5.37. The summed E-state index contributed by atoms with van der Waals surface area (Å²) in [5.74, 6) is -0.576. The number of aromatic nitrogens is 1. The first-order valence-corrected chi connectivity index (χ1v) is 8.96. The number of hydrogen-bond donors (Lipinski definition) is 1. The van der Waals surface area contributed by atoms with Gasteiger partial charge in [0.15, 0.2) is 5.13 Å². The Kier molecular flexibility index (Phi) is 5.14. The van der Waals surface area contributed by atoms with E-state index in [1.165, 1.54) is 0 Å². The van der Waals surface area contributed by atoms with Crippen LogP contribution in [0.4, 0.5) is 10.8 Å². The van der Waals surface area contributed by atoms with Gasteiger partial charge in [-0.15, -0.1) is 0 Å². The molecule has 0 spiro atoms. The van der Waals surface area contributed by atoms with E-state index in [4.69, 9.17) is 4.74 Å². The molecule has 1 aromatic carbocycles. The van der Waals surface area contributed by atoms with Crippen LogP contribution in [-0.4, -0.2) is 30.9 Å². The van der Waals surface area contributed by atoms with Crippen molar-refractivity contribution in [3.63, 3.8) is 0 Å². The lowest BCUT2D eigenvalue weighted by atomic mass is 10.3. The fraction of sp³-hybridized carbons (Fsp3) is 0.231. The Morgan fingerprint density at radius 1 is 1.38 bits per heavy atom. The number of esters is 1. The zero-order valence-corrected chi connectivity index (χ0v) is 14.3. The summed E-state index contributed by atoms with van der Waals surface area (Å²) >= 11 is 0.853. The molecule has 1 heterocycles. The molecule has 0 saturated heterocycles. The van der Waals surface area contributed by atoms with Crippen LogP contribution in [0.15, 0.2) is 29.2 Å². The van der Waals surface area contributed by atoms with Crippen molar-refractivity contribution in [2.45, 2.75) is 18.7 Å². The molecule has 0 atom stereocenters. The van der Waals surface area contributed by atoms with Gasteiger partial charge >= 0.3 is 5.97 Å². The third kappa shape index (κ3) is 3.86. The summed E-state index contributed by atoms with van der Waals surface area (Å²) in [6.07, 6.45) is 0. The Bertz CT molecular complexity index is 874. The van der Waals surface area contributed by atoms with Crippen LogP contribution in [0.1, 0.15) is 22.3 Å². The van der Waals surface area contributed by atoms with Gasteiger partial charge in [-0.1, -0.05) is 11.3 Å². The topological polar surface area (TPSA) is 128 Å². The van der Waals surface area contributed by atoms with E-state index >= 15 is 0 Å². The second-order valence-electron chi connectivity index (χ2n) is 4.51. The summed E-state index contributed by atoms with van der Waals surface area (Å²) in [6, 6.07) is 4.41. The highest BCUT2D eigenvalue weighted by Crippen LogP contribution is 2.26. The van der Waals surface area contributed by atoms with Crippen LogP contribution in [0.25, 0.3) is 0 Å². The normalized spacial score (nSPS) is 11.1. The second kappa shape index (κ2) is 6.93. The van der Waals surface area contributed by atoms with Crippen LogP contribution in [0.5, 0.6) is 0 Å². The van der Waals surface area contributed by atoms with E-state index < -0.39 is 20.9 Å². The molecule has 0 unspecified atom stereocenters. The van der Waals surface area contributed by atoms with E-state index in [1.54, 1.807) is 13.8 Å². The minimum absolute atomic E-state index is 0.00825. The number of anilines is 1. The molecule has 1 N–H and O–H groups in total. The number of nitrogens with zero attached hydrogens (tertiary/aromatic N) is 2. The van der Waals surface area contributed by atoms with E-state index in [0.717, 1.165) is 35.6 Å². The summed E-state index contributed by atoms with van der Waals surface area (Å²) in [5, 5.41) is 10.6. The molecule has 0 saturated carbocycles. The molecule has 24 heavy (non-hydrogen) atoms. The predicted molar refractivity (Wildman–Crippen MR) is 86.7 cm³/mol. The Morgan fingerprint density at radius 3 is 2.54 bits per heavy atom. The number of aryl methyl sites for hydroxylation is 1. The number of nitro benzene ring substituents is 1. The number of nitro groups is 1. The van der Waals surface area contributed by atoms with Crippen molar-refractivity contribution >= 4 is 38.1 Å². The van der Waals surface area contributed by atoms with Crippen LogP contribution < -0.4 is 4.72 Å². The summed E-state index contributed by atoms with van der Waals surface area (Å²) < 4.78 is 31.6. The maximum absolute atomic E-state index is 12.3. The van der Waals surface area contributed by atoms with E-state index in [1.807, 2.05) is 0 Å². The first-order chi connectivity index (χ1) is 11.2. The lowest BCUT2D eigenvalue weighted by Crippen LogP contribution is -2.12. The minimum Gasteiger partial charge on any atom is -0.462 e. The van der Waals surface area contributed by atoms with E-state index in [9.17, 15) is 23.3 Å². The number of nitrogens with one attached hydrogen (secondary N) is 1. The summed E-state index contributed by atoms with van der Waals surface area (Å²) in [6.45, 7) is 3.42. The molecule has 0 aliphatic carbocycles. The lowest BCUT2D eigenvalue weighted by molar-refractivity contribution is -0.384. The van der Waals surface area contributed by atoms with Gasteiger partial charge in [0.1, 0.15) is 4.88 Å². The van der Waals surface area contributed by atoms with Crippen LogP contribution in [0, 0.1) is 17.0 Å². The number of rotatable bonds is 6. The number of thiazole rings is 1. The zero-order chi connectivity index (χ0) is 17.9. The molecule has 11 heteroatoms. The molecular weight excluding hydrogens is 358 g/mol. The molecule has 0 radical (unpaired) electrons. The monoisotopic (exact) mass is 371 g/mol. The first kappa shape index (κ1) is 17.8. The fourth-order valence-corrected chi connectivity index (χ4v) is 3.84. The molecule has 2 aromatic rings. The molecule has 9 nitrogen and oxygen atoms in total. The second-order valence-corrected chi connectivity index (χ2v) is 7.19. The van der Waals surface area contributed by atoms with E-state index in [-0.39, 0.29) is 27.2 Å². The number of sulfonamides is 1. The maximum Gasteiger partial charge on any atom is 0.350 e. The van der Waals surface area contributed by atoms with Gasteiger partial charge in [0.25, 0.3) is 15.7 Å². The van der Waals surface area contributed by atoms with Crippen molar-refractivity contribution in [2.24, 2.45) is 0 Å². The minimum atomic E-state index is -3.97. The average molecular weight is 371 g/mol. The van der Waals surface area contributed by atoms with Gasteiger partial charge in [0, 0.05) is 12.1 Å². The number of hydrogen-bond acceptors (Lipinski definition) is 8. The van der Waals surface area contributed by atoms with Gasteiger partial charge in [-0.3, -0.25) is 14.8 Å². The molecule has 0 fully saturated rings. The molecule has 1 aromatic heterocycles. The van der Waals surface area contributed by atoms with Crippen LogP contribution in [0.2, 0.25) is 0 Å². The van der Waals surface area contributed by atoms with Crippen LogP contribution >= 0.6 is 11.3 Å². The SMILES string of the molecule is CCOC(=O)c1sc(NS(=O)(=O)c2ccc([N+](=O)[O-])cc2)nc1C. The Labute approximate surface area is 141 Å². The number of ether oxygens (including phenoxy) is 1. The maximum atomic E-state index is 12.3. The summed E-state index contributed by atoms with van der Waals surface area (Å²) in [4.78, 5) is 25.7. The number of carbonyl (C=O) groups excluding carboxylic acids is 1. The largest absolute Gasteiger partial charge is 0.462 e. The Hall–Kier alpha value is -2.53. The highest BCUT2D eigenvalue weighted by molar-refractivity contribution is 7.93. The molecular formula is C13H13N3O6S2. The summed E-state index contributed by atoms with van der Waals surface area (Å²) in [7, 11) is -3.97. The highest BCUT2D eigenvalue weighted by atomic mass is 32.2. The molecule has 2 rings (SSSR count). The zero-order valence-electron chi connectivity index (χ0n) is 12.7.